The van der Waals surface area contributed by atoms with Gasteiger partial charge in [0, 0.05) is 52.8 Å². The van der Waals surface area contributed by atoms with Crippen molar-refractivity contribution in [2.75, 3.05) is 53.0 Å². The largest absolute Gasteiger partial charge is 0.383 e. The molecule has 7 nitrogen and oxygen atoms in total. The molecule has 0 radical (unpaired) electrons. The number of amides is 2. The number of hydrogen-bond acceptors (Lipinski definition) is 4. The molecule has 1 aromatic carbocycles. The number of benzene rings is 1. The average molecular weight is 359 g/mol. The van der Waals surface area contributed by atoms with Crippen LogP contribution in [0.25, 0.3) is 11.0 Å². The molecule has 2 N–H and O–H groups in total. The molecule has 1 saturated heterocycles. The lowest BCUT2D eigenvalue weighted by Crippen LogP contribution is -2.52. The Morgan fingerprint density at radius 1 is 1.23 bits per heavy atom. The number of nitrogens with one attached hydrogen (secondary N) is 2. The monoisotopic (exact) mass is 359 g/mol. The molecule has 0 unspecified atom stereocenters. The van der Waals surface area contributed by atoms with Gasteiger partial charge in [-0.05, 0) is 37.1 Å². The van der Waals surface area contributed by atoms with Gasteiger partial charge in [-0.15, -0.1) is 0 Å². The van der Waals surface area contributed by atoms with Crippen LogP contribution in [0.1, 0.15) is 17.0 Å². The fraction of sp³-hybridized carbons (Fsp3) is 0.579. The average Bonchev–Trinajstić information content (AvgIpc) is 3.02. The molecule has 0 atom stereocenters. The van der Waals surface area contributed by atoms with Crippen molar-refractivity contribution in [3.63, 3.8) is 0 Å². The van der Waals surface area contributed by atoms with E-state index in [0.717, 1.165) is 56.2 Å². The van der Waals surface area contributed by atoms with E-state index in [1.54, 1.807) is 7.11 Å². The lowest BCUT2D eigenvalue weighted by atomic mass is 10.1. The first kappa shape index (κ1) is 18.7. The molecule has 0 saturated carbocycles. The molecule has 26 heavy (non-hydrogen) atoms. The molecule has 2 heterocycles. The summed E-state index contributed by atoms with van der Waals surface area (Å²) in [4.78, 5) is 24.5. The quantitative estimate of drug-likeness (QED) is 0.823. The van der Waals surface area contributed by atoms with Gasteiger partial charge >= 0.3 is 6.03 Å². The summed E-state index contributed by atoms with van der Waals surface area (Å²) in [6, 6.07) is 4.24. The number of carbonyl (C=O) groups is 1. The third kappa shape index (κ3) is 4.53. The van der Waals surface area contributed by atoms with Crippen LogP contribution in [0.5, 0.6) is 0 Å². The number of rotatable bonds is 6. The van der Waals surface area contributed by atoms with Gasteiger partial charge in [0.2, 0.25) is 0 Å². The maximum atomic E-state index is 12.3. The number of hydrogen-bond donors (Lipinski definition) is 2. The second-order valence-corrected chi connectivity index (χ2v) is 6.94. The minimum absolute atomic E-state index is 0.0131. The van der Waals surface area contributed by atoms with E-state index in [1.807, 2.05) is 4.90 Å². The van der Waals surface area contributed by atoms with Gasteiger partial charge in [-0.1, -0.05) is 0 Å². The van der Waals surface area contributed by atoms with E-state index in [-0.39, 0.29) is 6.03 Å². The molecule has 2 amide bonds. The van der Waals surface area contributed by atoms with Crippen LogP contribution < -0.4 is 5.32 Å². The summed E-state index contributed by atoms with van der Waals surface area (Å²) < 4.78 is 5.11. The van der Waals surface area contributed by atoms with E-state index in [0.29, 0.717) is 13.0 Å². The predicted molar refractivity (Wildman–Crippen MR) is 103 cm³/mol. The van der Waals surface area contributed by atoms with Gasteiger partial charge in [0.1, 0.15) is 5.82 Å². The molecular weight excluding hydrogens is 330 g/mol. The number of piperazine rings is 1. The van der Waals surface area contributed by atoms with Gasteiger partial charge in [-0.2, -0.15) is 0 Å². The number of urea groups is 1. The van der Waals surface area contributed by atoms with Gasteiger partial charge in [0.05, 0.1) is 17.6 Å². The van der Waals surface area contributed by atoms with E-state index in [1.165, 1.54) is 11.1 Å². The summed E-state index contributed by atoms with van der Waals surface area (Å²) in [7, 11) is 1.72. The summed E-state index contributed by atoms with van der Waals surface area (Å²) in [6.07, 6.45) is 0.701. The van der Waals surface area contributed by atoms with Gasteiger partial charge in [-0.25, -0.2) is 9.78 Å². The zero-order chi connectivity index (χ0) is 18.5. The Labute approximate surface area is 154 Å². The fourth-order valence-corrected chi connectivity index (χ4v) is 3.24. The van der Waals surface area contributed by atoms with Crippen molar-refractivity contribution < 1.29 is 9.53 Å². The standard InChI is InChI=1S/C19H29N5O2/c1-14-12-16-17(13-15(14)2)22-18(21-16)4-5-20-19(25)24-8-6-23(7-9-24)10-11-26-3/h12-13H,4-11H2,1-3H3,(H,20,25)(H,21,22). The molecule has 1 fully saturated rings. The summed E-state index contributed by atoms with van der Waals surface area (Å²) in [5, 5.41) is 3.01. The number of aromatic nitrogens is 2. The number of imidazole rings is 1. The highest BCUT2D eigenvalue weighted by Crippen LogP contribution is 2.17. The number of fused-ring (bicyclic) bond motifs is 1. The molecule has 1 aromatic heterocycles. The third-order valence-electron chi connectivity index (χ3n) is 5.06. The fourth-order valence-electron chi connectivity index (χ4n) is 3.24. The molecule has 1 aliphatic heterocycles. The molecule has 1 aliphatic rings. The van der Waals surface area contributed by atoms with E-state index < -0.39 is 0 Å². The van der Waals surface area contributed by atoms with Gasteiger partial charge in [-0.3, -0.25) is 4.90 Å². The van der Waals surface area contributed by atoms with Crippen molar-refractivity contribution in [1.29, 1.82) is 0 Å². The molecule has 0 aliphatic carbocycles. The van der Waals surface area contributed by atoms with Crippen LogP contribution in [-0.2, 0) is 11.2 Å². The van der Waals surface area contributed by atoms with Crippen LogP contribution in [0.15, 0.2) is 12.1 Å². The smallest absolute Gasteiger partial charge is 0.317 e. The zero-order valence-electron chi connectivity index (χ0n) is 16.0. The number of carbonyl (C=O) groups excluding carboxylic acids is 1. The van der Waals surface area contributed by atoms with E-state index in [4.69, 9.17) is 4.74 Å². The number of aryl methyl sites for hydroxylation is 2. The van der Waals surface area contributed by atoms with Crippen molar-refractivity contribution in [2.45, 2.75) is 20.3 Å². The zero-order valence-corrected chi connectivity index (χ0v) is 16.0. The number of H-pyrrole nitrogens is 1. The Balaban J connectivity index is 1.44. The second kappa shape index (κ2) is 8.51. The maximum absolute atomic E-state index is 12.3. The highest BCUT2D eigenvalue weighted by atomic mass is 16.5. The highest BCUT2D eigenvalue weighted by Gasteiger charge is 2.20. The van der Waals surface area contributed by atoms with E-state index >= 15 is 0 Å². The van der Waals surface area contributed by atoms with E-state index in [2.05, 4.69) is 46.2 Å². The van der Waals surface area contributed by atoms with Gasteiger partial charge in [0.25, 0.3) is 0 Å². The molecule has 2 aromatic rings. The van der Waals surface area contributed by atoms with E-state index in [9.17, 15) is 4.79 Å². The Hall–Kier alpha value is -2.12. The minimum Gasteiger partial charge on any atom is -0.383 e. The predicted octanol–water partition coefficient (Wildman–Crippen LogP) is 1.70. The first-order valence-electron chi connectivity index (χ1n) is 9.26. The van der Waals surface area contributed by atoms with Crippen LogP contribution >= 0.6 is 0 Å². The molecular formula is C19H29N5O2. The summed E-state index contributed by atoms with van der Waals surface area (Å²) in [5.41, 5.74) is 4.54. The lowest BCUT2D eigenvalue weighted by Gasteiger charge is -2.34. The Morgan fingerprint density at radius 3 is 2.69 bits per heavy atom. The summed E-state index contributed by atoms with van der Waals surface area (Å²) in [6.45, 7) is 9.78. The summed E-state index contributed by atoms with van der Waals surface area (Å²) in [5.74, 6) is 0.912. The van der Waals surface area contributed by atoms with Crippen LogP contribution in [0.2, 0.25) is 0 Å². The molecule has 7 heteroatoms. The molecule has 0 spiro atoms. The number of aromatic amines is 1. The Bertz CT molecular complexity index is 711. The van der Waals surface area contributed by atoms with Crippen molar-refractivity contribution >= 4 is 17.1 Å². The number of ether oxygens (including phenoxy) is 1. The van der Waals surface area contributed by atoms with Crippen LogP contribution in [0, 0.1) is 13.8 Å². The van der Waals surface area contributed by atoms with Crippen LogP contribution in [0.3, 0.4) is 0 Å². The second-order valence-electron chi connectivity index (χ2n) is 6.94. The maximum Gasteiger partial charge on any atom is 0.317 e. The lowest BCUT2D eigenvalue weighted by molar-refractivity contribution is 0.106. The van der Waals surface area contributed by atoms with Crippen LogP contribution in [-0.4, -0.2) is 78.8 Å². The molecule has 3 rings (SSSR count). The van der Waals surface area contributed by atoms with Gasteiger partial charge in [0.15, 0.2) is 0 Å². The SMILES string of the molecule is COCCN1CCN(C(=O)NCCc2nc3cc(C)c(C)cc3[nH]2)CC1. The first-order valence-corrected chi connectivity index (χ1v) is 9.26. The highest BCUT2D eigenvalue weighted by molar-refractivity contribution is 5.77. The first-order chi connectivity index (χ1) is 12.6. The third-order valence-corrected chi connectivity index (χ3v) is 5.06. The Kier molecular flexibility index (Phi) is 6.11. The summed E-state index contributed by atoms with van der Waals surface area (Å²) >= 11 is 0. The minimum atomic E-state index is 0.0131. The molecule has 142 valence electrons. The van der Waals surface area contributed by atoms with Gasteiger partial charge < -0.3 is 19.9 Å². The topological polar surface area (TPSA) is 73.5 Å². The van der Waals surface area contributed by atoms with Crippen molar-refractivity contribution in [2.24, 2.45) is 0 Å². The van der Waals surface area contributed by atoms with Crippen molar-refractivity contribution in [1.82, 2.24) is 25.1 Å². The number of nitrogens with zero attached hydrogens (tertiary/aromatic N) is 3. The number of methoxy groups -OCH3 is 1. The Morgan fingerprint density at radius 2 is 1.96 bits per heavy atom. The van der Waals surface area contributed by atoms with Crippen molar-refractivity contribution in [3.05, 3.63) is 29.1 Å². The normalized spacial score (nSPS) is 15.6. The molecule has 0 bridgehead atoms. The van der Waals surface area contributed by atoms with Crippen molar-refractivity contribution in [3.8, 4) is 0 Å². The van der Waals surface area contributed by atoms with Crippen LogP contribution in [0.4, 0.5) is 4.79 Å².